The summed E-state index contributed by atoms with van der Waals surface area (Å²) in [7, 11) is 3.33. The molecule has 0 bridgehead atoms. The quantitative estimate of drug-likeness (QED) is 0.377. The third-order valence-electron chi connectivity index (χ3n) is 7.63. The number of hydrogen-bond donors (Lipinski definition) is 2. The second-order valence-corrected chi connectivity index (χ2v) is 11.2. The molecule has 0 spiro atoms. The highest BCUT2D eigenvalue weighted by atomic mass is 35.5. The van der Waals surface area contributed by atoms with E-state index in [1.807, 2.05) is 48.5 Å². The van der Waals surface area contributed by atoms with Crippen LogP contribution in [0.3, 0.4) is 0 Å². The molecule has 1 saturated heterocycles. The summed E-state index contributed by atoms with van der Waals surface area (Å²) in [5, 5.41) is 5.87. The number of ether oxygens (including phenoxy) is 2. The van der Waals surface area contributed by atoms with Crippen molar-refractivity contribution in [2.75, 3.05) is 70.3 Å². The molecule has 0 aliphatic carbocycles. The maximum absolute atomic E-state index is 13.7. The monoisotopic (exact) mass is 625 g/mol. The summed E-state index contributed by atoms with van der Waals surface area (Å²) < 4.78 is 11.1. The fourth-order valence-corrected chi connectivity index (χ4v) is 5.42. The Balaban J connectivity index is 1.36. The van der Waals surface area contributed by atoms with Crippen molar-refractivity contribution >= 4 is 52.4 Å². The van der Waals surface area contributed by atoms with Crippen LogP contribution < -0.4 is 20.3 Å². The molecule has 0 radical (unpaired) electrons. The SMILES string of the molecule is CNC(=O)Nc1ccc(-c2ccc(C(CN3CCOCC3)N(C)C(=O)CN3C(=O)COc4cc(Cl)c(Cl)cc43)cc2)cc1. The second kappa shape index (κ2) is 13.6. The number of urea groups is 1. The lowest BCUT2D eigenvalue weighted by Crippen LogP contribution is -2.48. The first kappa shape index (κ1) is 30.6. The van der Waals surface area contributed by atoms with E-state index >= 15 is 0 Å². The number of nitrogens with zero attached hydrogens (tertiary/aromatic N) is 3. The highest BCUT2D eigenvalue weighted by molar-refractivity contribution is 6.42. The molecule has 1 atom stereocenters. The van der Waals surface area contributed by atoms with Crippen molar-refractivity contribution in [3.8, 4) is 16.9 Å². The van der Waals surface area contributed by atoms with Crippen LogP contribution in [0.15, 0.2) is 60.7 Å². The molecule has 2 heterocycles. The summed E-state index contributed by atoms with van der Waals surface area (Å²) in [5.41, 5.74) is 4.06. The largest absolute Gasteiger partial charge is 0.482 e. The number of fused-ring (bicyclic) bond motifs is 1. The van der Waals surface area contributed by atoms with Gasteiger partial charge in [0.25, 0.3) is 5.91 Å². The lowest BCUT2D eigenvalue weighted by molar-refractivity contribution is -0.133. The van der Waals surface area contributed by atoms with Crippen LogP contribution in [-0.2, 0) is 14.3 Å². The zero-order valence-electron chi connectivity index (χ0n) is 23.9. The molecule has 2 N–H and O–H groups in total. The molecule has 3 aromatic carbocycles. The van der Waals surface area contributed by atoms with Crippen molar-refractivity contribution in [1.29, 1.82) is 0 Å². The Morgan fingerprint density at radius 1 is 0.977 bits per heavy atom. The number of likely N-dealkylation sites (N-methyl/N-ethyl adjacent to an activating group) is 1. The standard InChI is InChI=1S/C31H33Cl2N5O5/c1-34-31(41)35-23-9-7-21(8-10-23)20-3-5-22(6-4-20)27(17-37-11-13-42-14-12-37)36(2)29(39)18-38-26-15-24(32)25(33)16-28(26)43-19-30(38)40/h3-10,15-16,27H,11-14,17-19H2,1-2H3,(H2,34,35,41). The van der Waals surface area contributed by atoms with Crippen molar-refractivity contribution in [3.63, 3.8) is 0 Å². The molecule has 3 aromatic rings. The minimum absolute atomic E-state index is 0.169. The van der Waals surface area contributed by atoms with E-state index < -0.39 is 0 Å². The van der Waals surface area contributed by atoms with Crippen LogP contribution in [-0.4, -0.2) is 87.7 Å². The molecule has 4 amide bonds. The first-order valence-electron chi connectivity index (χ1n) is 13.9. The summed E-state index contributed by atoms with van der Waals surface area (Å²) in [6.45, 7) is 3.05. The Hall–Kier alpha value is -3.83. The van der Waals surface area contributed by atoms with Crippen molar-refractivity contribution in [1.82, 2.24) is 15.1 Å². The highest BCUT2D eigenvalue weighted by Crippen LogP contribution is 2.39. The maximum Gasteiger partial charge on any atom is 0.318 e. The van der Waals surface area contributed by atoms with Crippen LogP contribution in [0.5, 0.6) is 5.75 Å². The predicted molar refractivity (Wildman–Crippen MR) is 167 cm³/mol. The normalized spacial score (nSPS) is 15.7. The Morgan fingerprint density at radius 3 is 2.26 bits per heavy atom. The molecular weight excluding hydrogens is 593 g/mol. The van der Waals surface area contributed by atoms with Gasteiger partial charge in [0.15, 0.2) is 6.61 Å². The topological polar surface area (TPSA) is 103 Å². The van der Waals surface area contributed by atoms with Crippen molar-refractivity contribution < 1.29 is 23.9 Å². The smallest absolute Gasteiger partial charge is 0.318 e. The van der Waals surface area contributed by atoms with Crippen LogP contribution in [0.25, 0.3) is 11.1 Å². The molecule has 1 unspecified atom stereocenters. The summed E-state index contributed by atoms with van der Waals surface area (Å²) in [5.74, 6) is -0.158. The van der Waals surface area contributed by atoms with Gasteiger partial charge in [-0.15, -0.1) is 0 Å². The molecule has 0 aromatic heterocycles. The number of anilines is 2. The van der Waals surface area contributed by atoms with E-state index in [9.17, 15) is 14.4 Å². The first-order chi connectivity index (χ1) is 20.7. The van der Waals surface area contributed by atoms with Gasteiger partial charge in [-0.2, -0.15) is 0 Å². The van der Waals surface area contributed by atoms with Gasteiger partial charge < -0.3 is 25.0 Å². The number of hydrogen-bond acceptors (Lipinski definition) is 6. The number of nitrogens with one attached hydrogen (secondary N) is 2. The fraction of sp³-hybridized carbons (Fsp3) is 0.323. The molecule has 5 rings (SSSR count). The van der Waals surface area contributed by atoms with Crippen LogP contribution in [0.4, 0.5) is 16.2 Å². The molecule has 43 heavy (non-hydrogen) atoms. The fourth-order valence-electron chi connectivity index (χ4n) is 5.11. The van der Waals surface area contributed by atoms with Gasteiger partial charge >= 0.3 is 6.03 Å². The lowest BCUT2D eigenvalue weighted by Gasteiger charge is -2.37. The van der Waals surface area contributed by atoms with E-state index in [1.54, 1.807) is 31.1 Å². The van der Waals surface area contributed by atoms with Gasteiger partial charge in [0.05, 0.1) is 35.0 Å². The van der Waals surface area contributed by atoms with Crippen molar-refractivity contribution in [3.05, 3.63) is 76.3 Å². The third kappa shape index (κ3) is 7.22. The predicted octanol–water partition coefficient (Wildman–Crippen LogP) is 4.67. The molecule has 1 fully saturated rings. The van der Waals surface area contributed by atoms with E-state index in [0.717, 1.165) is 29.8 Å². The van der Waals surface area contributed by atoms with Gasteiger partial charge in [0.1, 0.15) is 12.3 Å². The minimum Gasteiger partial charge on any atom is -0.482 e. The Morgan fingerprint density at radius 2 is 1.60 bits per heavy atom. The Bertz CT molecular complexity index is 1480. The van der Waals surface area contributed by atoms with E-state index in [-0.39, 0.29) is 42.1 Å². The average molecular weight is 627 g/mol. The van der Waals surface area contributed by atoms with Gasteiger partial charge in [0, 0.05) is 45.5 Å². The summed E-state index contributed by atoms with van der Waals surface area (Å²) in [4.78, 5) is 43.6. The summed E-state index contributed by atoms with van der Waals surface area (Å²) >= 11 is 12.4. The van der Waals surface area contributed by atoms with E-state index in [2.05, 4.69) is 15.5 Å². The number of amides is 4. The molecular formula is C31H33Cl2N5O5. The van der Waals surface area contributed by atoms with Gasteiger partial charge in [0.2, 0.25) is 5.91 Å². The van der Waals surface area contributed by atoms with Gasteiger partial charge in [-0.3, -0.25) is 19.4 Å². The van der Waals surface area contributed by atoms with E-state index in [0.29, 0.717) is 41.9 Å². The summed E-state index contributed by atoms with van der Waals surface area (Å²) in [6.07, 6.45) is 0. The molecule has 10 nitrogen and oxygen atoms in total. The maximum atomic E-state index is 13.7. The van der Waals surface area contributed by atoms with E-state index in [1.165, 1.54) is 4.90 Å². The zero-order chi connectivity index (χ0) is 30.5. The van der Waals surface area contributed by atoms with Crippen molar-refractivity contribution in [2.24, 2.45) is 0 Å². The second-order valence-electron chi connectivity index (χ2n) is 10.3. The zero-order valence-corrected chi connectivity index (χ0v) is 25.5. The number of carbonyl (C=O) groups excluding carboxylic acids is 3. The van der Waals surface area contributed by atoms with Crippen LogP contribution >= 0.6 is 23.2 Å². The molecule has 2 aliphatic rings. The average Bonchev–Trinajstić information content (AvgIpc) is 3.02. The number of rotatable bonds is 8. The Kier molecular flexibility index (Phi) is 9.72. The summed E-state index contributed by atoms with van der Waals surface area (Å²) in [6, 6.07) is 18.2. The van der Waals surface area contributed by atoms with Crippen LogP contribution in [0.2, 0.25) is 10.0 Å². The number of halogens is 2. The van der Waals surface area contributed by atoms with Gasteiger partial charge in [-0.1, -0.05) is 59.6 Å². The number of morpholine rings is 1. The number of carbonyl (C=O) groups is 3. The van der Waals surface area contributed by atoms with Gasteiger partial charge in [-0.25, -0.2) is 4.79 Å². The van der Waals surface area contributed by atoms with E-state index in [4.69, 9.17) is 32.7 Å². The van der Waals surface area contributed by atoms with Crippen molar-refractivity contribution in [2.45, 2.75) is 6.04 Å². The lowest BCUT2D eigenvalue weighted by atomic mass is 9.99. The number of benzene rings is 3. The first-order valence-corrected chi connectivity index (χ1v) is 14.7. The Labute approximate surface area is 260 Å². The van der Waals surface area contributed by atoms with Crippen LogP contribution in [0.1, 0.15) is 11.6 Å². The molecule has 2 aliphatic heterocycles. The third-order valence-corrected chi connectivity index (χ3v) is 8.35. The minimum atomic E-state index is -0.335. The molecule has 0 saturated carbocycles. The highest BCUT2D eigenvalue weighted by Gasteiger charge is 2.32. The van der Waals surface area contributed by atoms with Gasteiger partial charge in [-0.05, 0) is 34.9 Å². The van der Waals surface area contributed by atoms with Crippen LogP contribution in [0, 0.1) is 0 Å². The molecule has 226 valence electrons. The molecule has 12 heteroatoms.